The van der Waals surface area contributed by atoms with Crippen LogP contribution in [-0.4, -0.2) is 31.8 Å². The minimum Gasteiger partial charge on any atom is -0.468 e. The Morgan fingerprint density at radius 1 is 1.21 bits per heavy atom. The van der Waals surface area contributed by atoms with Crippen LogP contribution in [0.25, 0.3) is 0 Å². The first-order valence-electron chi connectivity index (χ1n) is 7.56. The number of nitrogens with two attached hydrogens (primary N) is 1. The van der Waals surface area contributed by atoms with E-state index in [2.05, 4.69) is 4.74 Å². The standard InChI is InChI=1S/C17H22N2O4S/c1-12-13(2)19(10-9-14-7-5-4-6-8-14)17(18)16(12)24(21,22)11-15(20)23-3/h4-8H,9-11,18H2,1-3H3. The van der Waals surface area contributed by atoms with Gasteiger partial charge in [0.1, 0.15) is 10.7 Å². The Morgan fingerprint density at radius 2 is 1.83 bits per heavy atom. The van der Waals surface area contributed by atoms with E-state index in [0.29, 0.717) is 12.1 Å². The summed E-state index contributed by atoms with van der Waals surface area (Å²) in [6.07, 6.45) is 0.733. The molecule has 2 aromatic rings. The van der Waals surface area contributed by atoms with Crippen LogP contribution in [-0.2, 0) is 32.3 Å². The molecule has 0 bridgehead atoms. The maximum atomic E-state index is 12.5. The number of ether oxygens (including phenoxy) is 1. The number of sulfone groups is 1. The second-order valence-electron chi connectivity index (χ2n) is 5.65. The lowest BCUT2D eigenvalue weighted by atomic mass is 10.1. The van der Waals surface area contributed by atoms with E-state index in [9.17, 15) is 13.2 Å². The van der Waals surface area contributed by atoms with Crippen molar-refractivity contribution in [2.45, 2.75) is 31.7 Å². The van der Waals surface area contributed by atoms with E-state index in [4.69, 9.17) is 5.73 Å². The summed E-state index contributed by atoms with van der Waals surface area (Å²) in [6.45, 7) is 4.10. The molecule has 2 rings (SSSR count). The maximum Gasteiger partial charge on any atom is 0.321 e. The number of carbonyl (C=O) groups excluding carboxylic acids is 1. The smallest absolute Gasteiger partial charge is 0.321 e. The predicted molar refractivity (Wildman–Crippen MR) is 92.5 cm³/mol. The molecule has 7 heteroatoms. The quantitative estimate of drug-likeness (QED) is 0.803. The molecular formula is C17H22N2O4S. The Labute approximate surface area is 142 Å². The number of aromatic nitrogens is 1. The fraction of sp³-hybridized carbons (Fsp3) is 0.353. The van der Waals surface area contributed by atoms with Gasteiger partial charge in [-0.2, -0.15) is 0 Å². The van der Waals surface area contributed by atoms with Crippen LogP contribution in [0.1, 0.15) is 16.8 Å². The minimum absolute atomic E-state index is 0.0264. The van der Waals surface area contributed by atoms with E-state index in [1.54, 1.807) is 11.5 Å². The van der Waals surface area contributed by atoms with Crippen molar-refractivity contribution in [2.24, 2.45) is 0 Å². The Kier molecular flexibility index (Phi) is 5.33. The monoisotopic (exact) mass is 350 g/mol. The van der Waals surface area contributed by atoms with Gasteiger partial charge in [-0.05, 0) is 31.4 Å². The number of benzene rings is 1. The van der Waals surface area contributed by atoms with Crippen LogP contribution in [0, 0.1) is 13.8 Å². The second kappa shape index (κ2) is 7.09. The van der Waals surface area contributed by atoms with Crippen LogP contribution in [0.4, 0.5) is 5.82 Å². The van der Waals surface area contributed by atoms with Crippen molar-refractivity contribution < 1.29 is 17.9 Å². The van der Waals surface area contributed by atoms with Gasteiger partial charge in [0.05, 0.1) is 7.11 Å². The number of esters is 1. The third-order valence-electron chi connectivity index (χ3n) is 4.13. The van der Waals surface area contributed by atoms with Crippen LogP contribution in [0.3, 0.4) is 0 Å². The summed E-state index contributed by atoms with van der Waals surface area (Å²) < 4.78 is 31.2. The highest BCUT2D eigenvalue weighted by Gasteiger charge is 2.29. The molecule has 0 aliphatic heterocycles. The first-order chi connectivity index (χ1) is 11.3. The van der Waals surface area contributed by atoms with Crippen LogP contribution >= 0.6 is 0 Å². The molecule has 0 spiro atoms. The number of rotatable bonds is 6. The number of aryl methyl sites for hydroxylation is 1. The average molecular weight is 350 g/mol. The van der Waals surface area contributed by atoms with Crippen molar-refractivity contribution in [3.8, 4) is 0 Å². The fourth-order valence-corrected chi connectivity index (χ4v) is 4.33. The molecule has 0 amide bonds. The first-order valence-corrected chi connectivity index (χ1v) is 9.21. The van der Waals surface area contributed by atoms with Gasteiger partial charge in [0, 0.05) is 12.2 Å². The summed E-state index contributed by atoms with van der Waals surface area (Å²) in [5.74, 6) is -1.34. The summed E-state index contributed by atoms with van der Waals surface area (Å²) in [5.41, 5.74) is 8.60. The molecule has 1 aromatic heterocycles. The van der Waals surface area contributed by atoms with Crippen molar-refractivity contribution in [3.63, 3.8) is 0 Å². The number of anilines is 1. The number of hydrogen-bond acceptors (Lipinski definition) is 5. The van der Waals surface area contributed by atoms with E-state index >= 15 is 0 Å². The van der Waals surface area contributed by atoms with E-state index in [1.807, 2.05) is 37.3 Å². The molecular weight excluding hydrogens is 328 g/mol. The Morgan fingerprint density at radius 3 is 2.42 bits per heavy atom. The molecule has 0 atom stereocenters. The topological polar surface area (TPSA) is 91.4 Å². The lowest BCUT2D eigenvalue weighted by Gasteiger charge is -2.09. The molecule has 1 heterocycles. The molecule has 0 unspecified atom stereocenters. The lowest BCUT2D eigenvalue weighted by Crippen LogP contribution is -2.19. The third kappa shape index (κ3) is 3.62. The van der Waals surface area contributed by atoms with Gasteiger partial charge in [-0.15, -0.1) is 0 Å². The molecule has 0 aliphatic rings. The van der Waals surface area contributed by atoms with Crippen LogP contribution in [0.5, 0.6) is 0 Å². The zero-order valence-corrected chi connectivity index (χ0v) is 14.9. The van der Waals surface area contributed by atoms with Gasteiger partial charge in [-0.3, -0.25) is 4.79 Å². The van der Waals surface area contributed by atoms with Crippen molar-refractivity contribution in [3.05, 3.63) is 47.2 Å². The number of nitrogens with zero attached hydrogens (tertiary/aromatic N) is 1. The molecule has 6 nitrogen and oxygen atoms in total. The van der Waals surface area contributed by atoms with Crippen LogP contribution in [0.15, 0.2) is 35.2 Å². The number of nitrogen functional groups attached to an aromatic ring is 1. The van der Waals surface area contributed by atoms with E-state index < -0.39 is 21.6 Å². The highest BCUT2D eigenvalue weighted by atomic mass is 32.2. The van der Waals surface area contributed by atoms with E-state index in [-0.39, 0.29) is 10.7 Å². The lowest BCUT2D eigenvalue weighted by molar-refractivity contribution is -0.137. The highest BCUT2D eigenvalue weighted by molar-refractivity contribution is 7.92. The van der Waals surface area contributed by atoms with Crippen molar-refractivity contribution in [1.82, 2.24) is 4.57 Å². The zero-order valence-electron chi connectivity index (χ0n) is 14.1. The molecule has 0 aliphatic carbocycles. The summed E-state index contributed by atoms with van der Waals surface area (Å²) in [4.78, 5) is 11.4. The SMILES string of the molecule is COC(=O)CS(=O)(=O)c1c(C)c(C)n(CCc2ccccc2)c1N. The van der Waals surface area contributed by atoms with Gasteiger partial charge < -0.3 is 15.0 Å². The third-order valence-corrected chi connectivity index (χ3v) is 5.88. The maximum absolute atomic E-state index is 12.5. The summed E-state index contributed by atoms with van der Waals surface area (Å²) in [7, 11) is -2.68. The summed E-state index contributed by atoms with van der Waals surface area (Å²) in [6, 6.07) is 9.88. The van der Waals surface area contributed by atoms with Gasteiger partial charge in [0.25, 0.3) is 0 Å². The van der Waals surface area contributed by atoms with Gasteiger partial charge >= 0.3 is 5.97 Å². The molecule has 2 N–H and O–H groups in total. The van der Waals surface area contributed by atoms with Crippen molar-refractivity contribution >= 4 is 21.6 Å². The predicted octanol–water partition coefficient (Wildman–Crippen LogP) is 1.88. The second-order valence-corrected chi connectivity index (χ2v) is 7.57. The van der Waals surface area contributed by atoms with Crippen molar-refractivity contribution in [1.29, 1.82) is 0 Å². The minimum atomic E-state index is -3.84. The highest BCUT2D eigenvalue weighted by Crippen LogP contribution is 2.30. The molecule has 0 radical (unpaired) electrons. The van der Waals surface area contributed by atoms with Gasteiger partial charge in [-0.25, -0.2) is 8.42 Å². The van der Waals surface area contributed by atoms with Crippen LogP contribution < -0.4 is 5.73 Å². The molecule has 24 heavy (non-hydrogen) atoms. The normalized spacial score (nSPS) is 11.5. The summed E-state index contributed by atoms with van der Waals surface area (Å²) >= 11 is 0. The Balaban J connectivity index is 2.34. The largest absolute Gasteiger partial charge is 0.468 e. The number of methoxy groups -OCH3 is 1. The van der Waals surface area contributed by atoms with Gasteiger partial charge in [0.15, 0.2) is 15.6 Å². The Hall–Kier alpha value is -2.28. The van der Waals surface area contributed by atoms with E-state index in [0.717, 1.165) is 24.8 Å². The fourth-order valence-electron chi connectivity index (χ4n) is 2.71. The molecule has 0 saturated heterocycles. The van der Waals surface area contributed by atoms with Crippen LogP contribution in [0.2, 0.25) is 0 Å². The van der Waals surface area contributed by atoms with Crippen molar-refractivity contribution in [2.75, 3.05) is 18.6 Å². The van der Waals surface area contributed by atoms with Gasteiger partial charge in [0.2, 0.25) is 0 Å². The number of carbonyl (C=O) groups is 1. The van der Waals surface area contributed by atoms with Gasteiger partial charge in [-0.1, -0.05) is 30.3 Å². The first kappa shape index (κ1) is 18.1. The molecule has 1 aromatic carbocycles. The molecule has 130 valence electrons. The molecule has 0 fully saturated rings. The zero-order chi connectivity index (χ0) is 17.9. The average Bonchev–Trinajstić information content (AvgIpc) is 2.76. The summed E-state index contributed by atoms with van der Waals surface area (Å²) in [5, 5.41) is 0. The Bertz CT molecular complexity index is 839. The number of hydrogen-bond donors (Lipinski definition) is 1. The molecule has 0 saturated carbocycles. The van der Waals surface area contributed by atoms with E-state index in [1.165, 1.54) is 0 Å².